The Balaban J connectivity index is 2.17. The Morgan fingerprint density at radius 3 is 2.56 bits per heavy atom. The smallest absolute Gasteiger partial charge is 0.0991 e. The Labute approximate surface area is 124 Å². The van der Waals surface area contributed by atoms with Crippen LogP contribution in [0.4, 0.5) is 0 Å². The number of ether oxygens (including phenoxy) is 1. The van der Waals surface area contributed by atoms with Crippen molar-refractivity contribution < 1.29 is 4.74 Å². The molecule has 0 spiro atoms. The van der Waals surface area contributed by atoms with Crippen LogP contribution < -0.4 is 5.32 Å². The first-order valence-electron chi connectivity index (χ1n) is 6.26. The number of hydrogen-bond donors (Lipinski definition) is 1. The van der Waals surface area contributed by atoms with Crippen LogP contribution in [0.15, 0.2) is 6.07 Å². The Morgan fingerprint density at radius 1 is 1.28 bits per heavy atom. The number of rotatable bonds is 8. The molecule has 0 radical (unpaired) electrons. The van der Waals surface area contributed by atoms with Gasteiger partial charge in [0.2, 0.25) is 0 Å². The SMILES string of the molecule is CC(C)CCOCCNC(C)c1cc(Cl)sc1Cl. The molecule has 1 atom stereocenters. The fourth-order valence-electron chi connectivity index (χ4n) is 1.53. The van der Waals surface area contributed by atoms with Gasteiger partial charge in [0.1, 0.15) is 0 Å². The lowest BCUT2D eigenvalue weighted by molar-refractivity contribution is 0.123. The van der Waals surface area contributed by atoms with Gasteiger partial charge >= 0.3 is 0 Å². The molecule has 1 heterocycles. The number of hydrogen-bond acceptors (Lipinski definition) is 3. The van der Waals surface area contributed by atoms with Gasteiger partial charge in [-0.15, -0.1) is 11.3 Å². The molecule has 1 aromatic rings. The predicted octanol–water partition coefficient (Wildman–Crippen LogP) is 4.77. The first-order chi connectivity index (χ1) is 8.50. The minimum absolute atomic E-state index is 0.204. The summed E-state index contributed by atoms with van der Waals surface area (Å²) in [6, 6.07) is 2.13. The molecule has 0 saturated carbocycles. The molecule has 2 nitrogen and oxygen atoms in total. The lowest BCUT2D eigenvalue weighted by Gasteiger charge is -2.13. The number of halogens is 2. The second-order valence-electron chi connectivity index (χ2n) is 4.75. The van der Waals surface area contributed by atoms with Crippen LogP contribution in [0.3, 0.4) is 0 Å². The summed E-state index contributed by atoms with van der Waals surface area (Å²) in [6.07, 6.45) is 1.11. The predicted molar refractivity (Wildman–Crippen MR) is 81.0 cm³/mol. The molecule has 1 rings (SSSR count). The summed E-state index contributed by atoms with van der Waals surface area (Å²) in [5.41, 5.74) is 1.06. The van der Waals surface area contributed by atoms with Gasteiger partial charge in [-0.25, -0.2) is 0 Å². The molecule has 0 amide bonds. The lowest BCUT2D eigenvalue weighted by atomic mass is 10.1. The van der Waals surface area contributed by atoms with Crippen molar-refractivity contribution >= 4 is 34.5 Å². The van der Waals surface area contributed by atoms with Gasteiger partial charge < -0.3 is 10.1 Å². The van der Waals surface area contributed by atoms with E-state index < -0.39 is 0 Å². The van der Waals surface area contributed by atoms with E-state index in [0.717, 1.165) is 40.4 Å². The van der Waals surface area contributed by atoms with Crippen molar-refractivity contribution in [3.05, 3.63) is 20.3 Å². The summed E-state index contributed by atoms with van der Waals surface area (Å²) in [6.45, 7) is 8.87. The molecule has 1 N–H and O–H groups in total. The number of thiophene rings is 1. The zero-order valence-electron chi connectivity index (χ0n) is 11.1. The molecule has 0 aliphatic carbocycles. The van der Waals surface area contributed by atoms with E-state index in [1.54, 1.807) is 0 Å². The van der Waals surface area contributed by atoms with Crippen LogP contribution in [0.25, 0.3) is 0 Å². The van der Waals surface area contributed by atoms with Crippen molar-refractivity contribution in [1.82, 2.24) is 5.32 Å². The molecule has 0 fully saturated rings. The molecule has 1 unspecified atom stereocenters. The van der Waals surface area contributed by atoms with E-state index in [0.29, 0.717) is 5.92 Å². The quantitative estimate of drug-likeness (QED) is 0.698. The molecule has 5 heteroatoms. The van der Waals surface area contributed by atoms with E-state index >= 15 is 0 Å². The van der Waals surface area contributed by atoms with Gasteiger partial charge in [0.05, 0.1) is 15.3 Å². The van der Waals surface area contributed by atoms with Crippen molar-refractivity contribution in [2.45, 2.75) is 33.2 Å². The molecule has 18 heavy (non-hydrogen) atoms. The third kappa shape index (κ3) is 5.89. The Hall–Kier alpha value is 0.200. The second-order valence-corrected chi connectivity index (χ2v) is 7.04. The van der Waals surface area contributed by atoms with Gasteiger partial charge in [-0.05, 0) is 30.9 Å². The largest absolute Gasteiger partial charge is 0.380 e. The van der Waals surface area contributed by atoms with Crippen LogP contribution in [0.1, 0.15) is 38.8 Å². The zero-order valence-corrected chi connectivity index (χ0v) is 13.5. The average molecular weight is 310 g/mol. The van der Waals surface area contributed by atoms with Gasteiger partial charge in [-0.1, -0.05) is 37.0 Å². The van der Waals surface area contributed by atoms with Crippen molar-refractivity contribution in [3.8, 4) is 0 Å². The normalized spacial score (nSPS) is 13.2. The summed E-state index contributed by atoms with van der Waals surface area (Å²) >= 11 is 13.4. The van der Waals surface area contributed by atoms with Crippen molar-refractivity contribution in [2.75, 3.05) is 19.8 Å². The van der Waals surface area contributed by atoms with Crippen LogP contribution in [-0.4, -0.2) is 19.8 Å². The van der Waals surface area contributed by atoms with Crippen molar-refractivity contribution in [2.24, 2.45) is 5.92 Å². The Kier molecular flexibility index (Phi) is 7.57. The molecule has 0 bridgehead atoms. The maximum atomic E-state index is 6.10. The monoisotopic (exact) mass is 309 g/mol. The summed E-state index contributed by atoms with van der Waals surface area (Å²) in [4.78, 5) is 0. The molecular weight excluding hydrogens is 289 g/mol. The van der Waals surface area contributed by atoms with Crippen molar-refractivity contribution in [3.63, 3.8) is 0 Å². The molecular formula is C13H21Cl2NOS. The second kappa shape index (κ2) is 8.39. The van der Waals surface area contributed by atoms with Gasteiger partial charge in [-0.2, -0.15) is 0 Å². The molecule has 1 aromatic heterocycles. The minimum atomic E-state index is 0.204. The van der Waals surface area contributed by atoms with E-state index in [9.17, 15) is 0 Å². The zero-order chi connectivity index (χ0) is 13.5. The number of nitrogens with one attached hydrogen (secondary N) is 1. The highest BCUT2D eigenvalue weighted by molar-refractivity contribution is 7.20. The van der Waals surface area contributed by atoms with E-state index in [2.05, 4.69) is 26.1 Å². The molecule has 104 valence electrons. The average Bonchev–Trinajstić information content (AvgIpc) is 2.62. The maximum Gasteiger partial charge on any atom is 0.0991 e. The summed E-state index contributed by atoms with van der Waals surface area (Å²) in [5.74, 6) is 0.698. The van der Waals surface area contributed by atoms with Gasteiger partial charge in [0.15, 0.2) is 0 Å². The fraction of sp³-hybridized carbons (Fsp3) is 0.692. The summed E-state index contributed by atoms with van der Waals surface area (Å²) < 4.78 is 7.04. The molecule has 0 aromatic carbocycles. The van der Waals surface area contributed by atoms with E-state index in [4.69, 9.17) is 27.9 Å². The summed E-state index contributed by atoms with van der Waals surface area (Å²) in [7, 11) is 0. The van der Waals surface area contributed by atoms with Crippen LogP contribution >= 0.6 is 34.5 Å². The third-order valence-corrected chi connectivity index (χ3v) is 4.20. The lowest BCUT2D eigenvalue weighted by Crippen LogP contribution is -2.23. The first kappa shape index (κ1) is 16.3. The van der Waals surface area contributed by atoms with Gasteiger partial charge in [-0.3, -0.25) is 0 Å². The maximum absolute atomic E-state index is 6.10. The highest BCUT2D eigenvalue weighted by atomic mass is 35.5. The first-order valence-corrected chi connectivity index (χ1v) is 7.83. The van der Waals surface area contributed by atoms with Crippen LogP contribution in [0.5, 0.6) is 0 Å². The van der Waals surface area contributed by atoms with Crippen LogP contribution in [-0.2, 0) is 4.74 Å². The molecule has 0 aliphatic heterocycles. The molecule has 0 aliphatic rings. The molecule has 0 saturated heterocycles. The van der Waals surface area contributed by atoms with E-state index in [1.165, 1.54) is 11.3 Å². The van der Waals surface area contributed by atoms with Crippen molar-refractivity contribution in [1.29, 1.82) is 0 Å². The fourth-order valence-corrected chi connectivity index (χ4v) is 3.17. The van der Waals surface area contributed by atoms with Gasteiger partial charge in [0.25, 0.3) is 0 Å². The summed E-state index contributed by atoms with van der Waals surface area (Å²) in [5, 5.41) is 3.38. The highest BCUT2D eigenvalue weighted by Gasteiger charge is 2.12. The van der Waals surface area contributed by atoms with E-state index in [-0.39, 0.29) is 6.04 Å². The van der Waals surface area contributed by atoms with E-state index in [1.807, 2.05) is 6.07 Å². The minimum Gasteiger partial charge on any atom is -0.380 e. The third-order valence-electron chi connectivity index (χ3n) is 2.69. The Morgan fingerprint density at radius 2 is 2.00 bits per heavy atom. The van der Waals surface area contributed by atoms with Crippen LogP contribution in [0, 0.1) is 5.92 Å². The van der Waals surface area contributed by atoms with Gasteiger partial charge in [0, 0.05) is 19.2 Å². The topological polar surface area (TPSA) is 21.3 Å². The highest BCUT2D eigenvalue weighted by Crippen LogP contribution is 2.34. The standard InChI is InChI=1S/C13H21Cl2NOS/c1-9(2)4-6-17-7-5-16-10(3)11-8-12(14)18-13(11)15/h8-10,16H,4-7H2,1-3H3. The Bertz CT molecular complexity index is 355. The van der Waals surface area contributed by atoms with Crippen LogP contribution in [0.2, 0.25) is 8.67 Å².